The molecule has 1 aliphatic carbocycles. The number of aryl methyl sites for hydroxylation is 2. The smallest absolute Gasteiger partial charge is 0.253 e. The SMILES string of the molecule is Cc1nc(C)c(-c2ccn3nc(N)nc3c2)cc1C(=O)NCc1ccccc1OCC1CCCC1. The van der Waals surface area contributed by atoms with E-state index in [0.29, 0.717) is 29.4 Å². The molecule has 0 atom stereocenters. The molecular weight excluding hydrogens is 440 g/mol. The Morgan fingerprint density at radius 1 is 1.11 bits per heavy atom. The topological polar surface area (TPSA) is 107 Å². The minimum atomic E-state index is -0.172. The Morgan fingerprint density at radius 2 is 1.91 bits per heavy atom. The highest BCUT2D eigenvalue weighted by molar-refractivity contribution is 5.96. The summed E-state index contributed by atoms with van der Waals surface area (Å²) < 4.78 is 7.75. The lowest BCUT2D eigenvalue weighted by molar-refractivity contribution is 0.0949. The number of fused-ring (bicyclic) bond motifs is 1. The van der Waals surface area contributed by atoms with E-state index in [0.717, 1.165) is 34.7 Å². The van der Waals surface area contributed by atoms with Gasteiger partial charge in [0.25, 0.3) is 5.91 Å². The molecule has 3 N–H and O–H groups in total. The number of nitrogens with one attached hydrogen (secondary N) is 1. The maximum Gasteiger partial charge on any atom is 0.253 e. The van der Waals surface area contributed by atoms with Crippen LogP contribution in [0.15, 0.2) is 48.7 Å². The molecule has 0 aliphatic heterocycles. The third-order valence-corrected chi connectivity index (χ3v) is 6.67. The predicted molar refractivity (Wildman–Crippen MR) is 135 cm³/mol. The zero-order chi connectivity index (χ0) is 24.4. The summed E-state index contributed by atoms with van der Waals surface area (Å²) in [6, 6.07) is 13.6. The van der Waals surface area contributed by atoms with Crippen LogP contribution in [0.1, 0.15) is 53.0 Å². The Balaban J connectivity index is 1.33. The molecule has 1 amide bonds. The normalized spacial score (nSPS) is 13.9. The van der Waals surface area contributed by atoms with Crippen LogP contribution in [0.5, 0.6) is 5.75 Å². The van der Waals surface area contributed by atoms with Gasteiger partial charge in [-0.1, -0.05) is 31.0 Å². The number of hydrogen-bond acceptors (Lipinski definition) is 6. The van der Waals surface area contributed by atoms with Gasteiger partial charge in [0.2, 0.25) is 5.95 Å². The molecule has 1 fully saturated rings. The third kappa shape index (κ3) is 4.96. The van der Waals surface area contributed by atoms with Gasteiger partial charge in [-0.25, -0.2) is 4.52 Å². The number of para-hydroxylation sites is 1. The van der Waals surface area contributed by atoms with E-state index in [9.17, 15) is 4.79 Å². The summed E-state index contributed by atoms with van der Waals surface area (Å²) in [6.07, 6.45) is 6.85. The van der Waals surface area contributed by atoms with Crippen LogP contribution in [0, 0.1) is 19.8 Å². The van der Waals surface area contributed by atoms with Gasteiger partial charge < -0.3 is 15.8 Å². The summed E-state index contributed by atoms with van der Waals surface area (Å²) >= 11 is 0. The van der Waals surface area contributed by atoms with Crippen LogP contribution < -0.4 is 15.8 Å². The highest BCUT2D eigenvalue weighted by Crippen LogP contribution is 2.28. The highest BCUT2D eigenvalue weighted by atomic mass is 16.5. The van der Waals surface area contributed by atoms with Crippen LogP contribution >= 0.6 is 0 Å². The van der Waals surface area contributed by atoms with Crippen molar-refractivity contribution in [1.29, 1.82) is 0 Å². The fraction of sp³-hybridized carbons (Fsp3) is 0.333. The maximum absolute atomic E-state index is 13.2. The predicted octanol–water partition coefficient (Wildman–Crippen LogP) is 4.49. The number of amides is 1. The molecular formula is C27H30N6O2. The number of carbonyl (C=O) groups excluding carboxylic acids is 1. The molecule has 8 heteroatoms. The number of nitrogen functional groups attached to an aromatic ring is 1. The average molecular weight is 471 g/mol. The quantitative estimate of drug-likeness (QED) is 0.412. The molecule has 1 aliphatic rings. The van der Waals surface area contributed by atoms with Crippen LogP contribution in [-0.4, -0.2) is 32.1 Å². The summed E-state index contributed by atoms with van der Waals surface area (Å²) in [7, 11) is 0. The van der Waals surface area contributed by atoms with Gasteiger partial charge in [-0.3, -0.25) is 9.78 Å². The Bertz CT molecular complexity index is 1370. The van der Waals surface area contributed by atoms with Gasteiger partial charge in [0, 0.05) is 29.6 Å². The lowest BCUT2D eigenvalue weighted by Gasteiger charge is -2.16. The Morgan fingerprint density at radius 3 is 2.74 bits per heavy atom. The minimum absolute atomic E-state index is 0.172. The van der Waals surface area contributed by atoms with Crippen LogP contribution in [-0.2, 0) is 6.54 Å². The molecule has 3 aromatic heterocycles. The Hall–Kier alpha value is -3.94. The Kier molecular flexibility index (Phi) is 6.35. The van der Waals surface area contributed by atoms with Crippen molar-refractivity contribution >= 4 is 17.5 Å². The van der Waals surface area contributed by atoms with Gasteiger partial charge in [0.05, 0.1) is 17.9 Å². The van der Waals surface area contributed by atoms with Gasteiger partial charge in [-0.2, -0.15) is 4.98 Å². The molecule has 5 rings (SSSR count). The molecule has 180 valence electrons. The van der Waals surface area contributed by atoms with Crippen LogP contribution in [0.3, 0.4) is 0 Å². The zero-order valence-electron chi connectivity index (χ0n) is 20.1. The van der Waals surface area contributed by atoms with Gasteiger partial charge >= 0.3 is 0 Å². The van der Waals surface area contributed by atoms with E-state index in [1.807, 2.05) is 56.3 Å². The number of pyridine rings is 2. The first-order chi connectivity index (χ1) is 17.0. The lowest BCUT2D eigenvalue weighted by Crippen LogP contribution is -2.24. The fourth-order valence-electron chi connectivity index (χ4n) is 4.76. The summed E-state index contributed by atoms with van der Waals surface area (Å²) in [4.78, 5) is 22.1. The van der Waals surface area contributed by atoms with E-state index in [4.69, 9.17) is 10.5 Å². The zero-order valence-corrected chi connectivity index (χ0v) is 20.1. The number of rotatable bonds is 7. The summed E-state index contributed by atoms with van der Waals surface area (Å²) in [6.45, 7) is 4.90. The first-order valence-electron chi connectivity index (χ1n) is 12.1. The lowest BCUT2D eigenvalue weighted by atomic mass is 10.0. The molecule has 0 saturated heterocycles. The highest BCUT2D eigenvalue weighted by Gasteiger charge is 2.18. The molecule has 1 saturated carbocycles. The van der Waals surface area contributed by atoms with Crippen LogP contribution in [0.25, 0.3) is 16.8 Å². The molecule has 0 bridgehead atoms. The van der Waals surface area contributed by atoms with Crippen molar-refractivity contribution in [1.82, 2.24) is 24.9 Å². The standard InChI is InChI=1S/C27H30N6O2/c1-17-22(20-11-12-33-25(13-20)31-27(28)32-33)14-23(18(2)30-17)26(34)29-15-21-9-5-6-10-24(21)35-16-19-7-3-4-8-19/h5-6,9-14,19H,3-4,7-8,15-16H2,1-2H3,(H2,28,32)(H,29,34). The average Bonchev–Trinajstić information content (AvgIpc) is 3.50. The van der Waals surface area contributed by atoms with E-state index >= 15 is 0 Å². The van der Waals surface area contributed by atoms with E-state index in [1.54, 1.807) is 10.7 Å². The van der Waals surface area contributed by atoms with Gasteiger partial charge in [-0.05, 0) is 62.4 Å². The van der Waals surface area contributed by atoms with E-state index in [2.05, 4.69) is 20.4 Å². The molecule has 4 aromatic rings. The van der Waals surface area contributed by atoms with Crippen molar-refractivity contribution in [3.05, 3.63) is 71.2 Å². The fourth-order valence-corrected chi connectivity index (χ4v) is 4.76. The summed E-state index contributed by atoms with van der Waals surface area (Å²) in [5, 5.41) is 7.17. The van der Waals surface area contributed by atoms with E-state index in [1.165, 1.54) is 25.7 Å². The van der Waals surface area contributed by atoms with Crippen molar-refractivity contribution < 1.29 is 9.53 Å². The number of aromatic nitrogens is 4. The second-order valence-corrected chi connectivity index (χ2v) is 9.19. The van der Waals surface area contributed by atoms with Crippen LogP contribution in [0.2, 0.25) is 0 Å². The van der Waals surface area contributed by atoms with Crippen molar-refractivity contribution in [3.63, 3.8) is 0 Å². The third-order valence-electron chi connectivity index (χ3n) is 6.67. The van der Waals surface area contributed by atoms with Gasteiger partial charge in [0.1, 0.15) is 5.75 Å². The number of nitrogens with two attached hydrogens (primary N) is 1. The molecule has 0 unspecified atom stereocenters. The number of hydrogen-bond donors (Lipinski definition) is 2. The first-order valence-corrected chi connectivity index (χ1v) is 12.1. The van der Waals surface area contributed by atoms with Gasteiger partial charge in [-0.15, -0.1) is 5.10 Å². The largest absolute Gasteiger partial charge is 0.493 e. The van der Waals surface area contributed by atoms with E-state index < -0.39 is 0 Å². The number of carbonyl (C=O) groups is 1. The number of anilines is 1. The molecule has 0 radical (unpaired) electrons. The van der Waals surface area contributed by atoms with Gasteiger partial charge in [0.15, 0.2) is 5.65 Å². The molecule has 1 aromatic carbocycles. The summed E-state index contributed by atoms with van der Waals surface area (Å²) in [5.41, 5.74) is 11.1. The molecule has 35 heavy (non-hydrogen) atoms. The molecule has 3 heterocycles. The number of nitrogens with zero attached hydrogens (tertiary/aromatic N) is 4. The second kappa shape index (κ2) is 9.74. The van der Waals surface area contributed by atoms with Crippen LogP contribution in [0.4, 0.5) is 5.95 Å². The van der Waals surface area contributed by atoms with Crippen molar-refractivity contribution in [3.8, 4) is 16.9 Å². The minimum Gasteiger partial charge on any atom is -0.493 e. The Labute approximate surface area is 204 Å². The van der Waals surface area contributed by atoms with Crippen molar-refractivity contribution in [2.24, 2.45) is 5.92 Å². The first kappa shape index (κ1) is 22.8. The van der Waals surface area contributed by atoms with Crippen molar-refractivity contribution in [2.45, 2.75) is 46.1 Å². The monoisotopic (exact) mass is 470 g/mol. The number of benzene rings is 1. The second-order valence-electron chi connectivity index (χ2n) is 9.19. The van der Waals surface area contributed by atoms with Crippen molar-refractivity contribution in [2.75, 3.05) is 12.3 Å². The number of ether oxygens (including phenoxy) is 1. The maximum atomic E-state index is 13.2. The molecule has 8 nitrogen and oxygen atoms in total. The summed E-state index contributed by atoms with van der Waals surface area (Å²) in [5.74, 6) is 1.51. The molecule has 0 spiro atoms. The van der Waals surface area contributed by atoms with E-state index in [-0.39, 0.29) is 11.9 Å².